The molecule has 1 heterocycles. The van der Waals surface area contributed by atoms with Gasteiger partial charge in [0.05, 0.1) is 10.0 Å². The lowest BCUT2D eigenvalue weighted by Crippen LogP contribution is -1.87. The normalized spacial score (nSPS) is 10.2. The topological polar surface area (TPSA) is 22.1 Å². The molecule has 0 aliphatic rings. The molecule has 82 valence electrons. The lowest BCUT2D eigenvalue weighted by Gasteiger charge is -2.05. The Labute approximate surface area is 108 Å². The first-order valence-corrected chi connectivity index (χ1v) is 5.54. The van der Waals surface area contributed by atoms with Crippen LogP contribution in [0, 0.1) is 0 Å². The van der Waals surface area contributed by atoms with Gasteiger partial charge in [-0.2, -0.15) is 0 Å². The number of nitrogens with zero attached hydrogens (tertiary/aromatic N) is 1. The van der Waals surface area contributed by atoms with Gasteiger partial charge in [-0.05, 0) is 18.2 Å². The average Bonchev–Trinajstić information content (AvgIpc) is 2.24. The summed E-state index contributed by atoms with van der Waals surface area (Å²) in [5.74, 6) is 0.968. The summed E-state index contributed by atoms with van der Waals surface area (Å²) < 4.78 is 5.46. The SMILES string of the molecule is Clc1cccc(Oc2ccc(Cl)c(Cl)c2)n1. The van der Waals surface area contributed by atoms with E-state index in [1.165, 1.54) is 0 Å². The number of ether oxygens (including phenoxy) is 1. The van der Waals surface area contributed by atoms with Crippen LogP contribution < -0.4 is 4.74 Å². The van der Waals surface area contributed by atoms with E-state index in [0.29, 0.717) is 26.8 Å². The molecule has 1 aromatic heterocycles. The molecule has 2 nitrogen and oxygen atoms in total. The molecule has 0 N–H and O–H groups in total. The van der Waals surface area contributed by atoms with E-state index in [1.807, 2.05) is 0 Å². The summed E-state index contributed by atoms with van der Waals surface area (Å²) in [6, 6.07) is 10.1. The van der Waals surface area contributed by atoms with E-state index in [2.05, 4.69) is 4.98 Å². The summed E-state index contributed by atoms with van der Waals surface area (Å²) in [6.07, 6.45) is 0. The van der Waals surface area contributed by atoms with Crippen molar-refractivity contribution in [2.75, 3.05) is 0 Å². The molecule has 0 atom stereocenters. The maximum atomic E-state index is 5.85. The highest BCUT2D eigenvalue weighted by atomic mass is 35.5. The van der Waals surface area contributed by atoms with Crippen LogP contribution in [0.5, 0.6) is 11.6 Å². The van der Waals surface area contributed by atoms with Gasteiger partial charge in [0.1, 0.15) is 10.9 Å². The monoisotopic (exact) mass is 273 g/mol. The molecule has 1 aromatic carbocycles. The highest BCUT2D eigenvalue weighted by Crippen LogP contribution is 2.28. The van der Waals surface area contributed by atoms with Crippen molar-refractivity contribution in [2.24, 2.45) is 0 Å². The highest BCUT2D eigenvalue weighted by molar-refractivity contribution is 6.42. The Morgan fingerprint density at radius 2 is 1.75 bits per heavy atom. The minimum absolute atomic E-state index is 0.373. The van der Waals surface area contributed by atoms with E-state index in [1.54, 1.807) is 36.4 Å². The van der Waals surface area contributed by atoms with Crippen molar-refractivity contribution in [3.05, 3.63) is 51.6 Å². The van der Waals surface area contributed by atoms with Gasteiger partial charge in [0.25, 0.3) is 0 Å². The van der Waals surface area contributed by atoms with Crippen molar-refractivity contribution >= 4 is 34.8 Å². The predicted octanol–water partition coefficient (Wildman–Crippen LogP) is 4.83. The number of pyridine rings is 1. The summed E-state index contributed by atoms with van der Waals surface area (Å²) in [5.41, 5.74) is 0. The number of halogens is 3. The van der Waals surface area contributed by atoms with Gasteiger partial charge in [-0.3, -0.25) is 0 Å². The summed E-state index contributed by atoms with van der Waals surface area (Å²) >= 11 is 17.4. The second kappa shape index (κ2) is 4.91. The molecule has 5 heteroatoms. The Hall–Kier alpha value is -0.960. The first-order chi connectivity index (χ1) is 7.65. The van der Waals surface area contributed by atoms with Gasteiger partial charge in [-0.15, -0.1) is 0 Å². The van der Waals surface area contributed by atoms with Crippen LogP contribution in [0.1, 0.15) is 0 Å². The van der Waals surface area contributed by atoms with Crippen molar-refractivity contribution in [3.8, 4) is 11.6 Å². The Morgan fingerprint density at radius 1 is 0.938 bits per heavy atom. The Kier molecular flexibility index (Phi) is 3.54. The van der Waals surface area contributed by atoms with Gasteiger partial charge in [0, 0.05) is 12.1 Å². The highest BCUT2D eigenvalue weighted by Gasteiger charge is 2.02. The average molecular weight is 275 g/mol. The largest absolute Gasteiger partial charge is 0.439 e. The molecule has 0 fully saturated rings. The molecule has 0 saturated heterocycles. The molecule has 2 aromatic rings. The second-order valence-corrected chi connectivity index (χ2v) is 4.18. The first kappa shape index (κ1) is 11.5. The third-order valence-corrected chi connectivity index (χ3v) is 2.75. The third kappa shape index (κ3) is 2.79. The second-order valence-electron chi connectivity index (χ2n) is 2.98. The van der Waals surface area contributed by atoms with Crippen LogP contribution in [-0.2, 0) is 0 Å². The lowest BCUT2D eigenvalue weighted by atomic mass is 10.3. The zero-order valence-electron chi connectivity index (χ0n) is 7.95. The first-order valence-electron chi connectivity index (χ1n) is 4.40. The minimum Gasteiger partial charge on any atom is -0.439 e. The maximum Gasteiger partial charge on any atom is 0.220 e. The van der Waals surface area contributed by atoms with Gasteiger partial charge in [0.2, 0.25) is 5.88 Å². The fourth-order valence-electron chi connectivity index (χ4n) is 1.11. The Morgan fingerprint density at radius 3 is 2.44 bits per heavy atom. The van der Waals surface area contributed by atoms with Gasteiger partial charge >= 0.3 is 0 Å². The van der Waals surface area contributed by atoms with Crippen LogP contribution in [-0.4, -0.2) is 4.98 Å². The van der Waals surface area contributed by atoms with E-state index in [-0.39, 0.29) is 0 Å². The van der Waals surface area contributed by atoms with Crippen LogP contribution in [0.2, 0.25) is 15.2 Å². The van der Waals surface area contributed by atoms with Crippen LogP contribution >= 0.6 is 34.8 Å². The predicted molar refractivity (Wildman–Crippen MR) is 65.8 cm³/mol. The number of aromatic nitrogens is 1. The number of hydrogen-bond acceptors (Lipinski definition) is 2. The molecule has 0 unspecified atom stereocenters. The molecule has 0 spiro atoms. The van der Waals surface area contributed by atoms with Crippen molar-refractivity contribution < 1.29 is 4.74 Å². The van der Waals surface area contributed by atoms with Gasteiger partial charge in [-0.25, -0.2) is 4.98 Å². The molecule has 16 heavy (non-hydrogen) atoms. The summed E-state index contributed by atoms with van der Waals surface area (Å²) in [4.78, 5) is 3.99. The van der Waals surface area contributed by atoms with Crippen LogP contribution in [0.4, 0.5) is 0 Å². The number of hydrogen-bond donors (Lipinski definition) is 0. The van der Waals surface area contributed by atoms with Crippen molar-refractivity contribution in [3.63, 3.8) is 0 Å². The molecule has 0 radical (unpaired) electrons. The molecule has 0 amide bonds. The Balaban J connectivity index is 2.24. The van der Waals surface area contributed by atoms with E-state index in [9.17, 15) is 0 Å². The zero-order valence-corrected chi connectivity index (χ0v) is 10.2. The van der Waals surface area contributed by atoms with Crippen LogP contribution in [0.25, 0.3) is 0 Å². The molecule has 0 bridgehead atoms. The minimum atomic E-state index is 0.373. The van der Waals surface area contributed by atoms with E-state index in [0.717, 1.165) is 0 Å². The van der Waals surface area contributed by atoms with Crippen molar-refractivity contribution in [2.45, 2.75) is 0 Å². The smallest absolute Gasteiger partial charge is 0.220 e. The van der Waals surface area contributed by atoms with E-state index in [4.69, 9.17) is 39.5 Å². The third-order valence-electron chi connectivity index (χ3n) is 1.80. The van der Waals surface area contributed by atoms with Crippen LogP contribution in [0.3, 0.4) is 0 Å². The van der Waals surface area contributed by atoms with Crippen LogP contribution in [0.15, 0.2) is 36.4 Å². The fourth-order valence-corrected chi connectivity index (χ4v) is 1.55. The number of benzene rings is 1. The molecular formula is C11H6Cl3NO. The van der Waals surface area contributed by atoms with E-state index < -0.39 is 0 Å². The number of rotatable bonds is 2. The standard InChI is InChI=1S/C11H6Cl3NO/c12-8-5-4-7(6-9(8)13)16-11-3-1-2-10(14)15-11/h1-6H. The lowest BCUT2D eigenvalue weighted by molar-refractivity contribution is 0.463. The van der Waals surface area contributed by atoms with Gasteiger partial charge in [0.15, 0.2) is 0 Å². The fraction of sp³-hybridized carbons (Fsp3) is 0. The molecule has 0 aliphatic heterocycles. The Bertz CT molecular complexity index is 516. The molecule has 2 rings (SSSR count). The molecule has 0 aliphatic carbocycles. The van der Waals surface area contributed by atoms with Gasteiger partial charge < -0.3 is 4.74 Å². The molecular weight excluding hydrogens is 268 g/mol. The van der Waals surface area contributed by atoms with E-state index >= 15 is 0 Å². The summed E-state index contributed by atoms with van der Waals surface area (Å²) in [5, 5.41) is 1.28. The van der Waals surface area contributed by atoms with Gasteiger partial charge in [-0.1, -0.05) is 40.9 Å². The van der Waals surface area contributed by atoms with Crippen molar-refractivity contribution in [1.29, 1.82) is 0 Å². The molecule has 0 saturated carbocycles. The van der Waals surface area contributed by atoms with Crippen molar-refractivity contribution in [1.82, 2.24) is 4.98 Å². The summed E-state index contributed by atoms with van der Waals surface area (Å²) in [6.45, 7) is 0. The maximum absolute atomic E-state index is 5.85. The summed E-state index contributed by atoms with van der Waals surface area (Å²) in [7, 11) is 0. The zero-order chi connectivity index (χ0) is 11.5. The quantitative estimate of drug-likeness (QED) is 0.731.